The predicted octanol–water partition coefficient (Wildman–Crippen LogP) is 5.85. The Labute approximate surface area is 173 Å². The third-order valence-corrected chi connectivity index (χ3v) is 4.20. The van der Waals surface area contributed by atoms with E-state index in [1.54, 1.807) is 22.9 Å². The SMILES string of the molecule is Cl.[C-]#[N+]c1ccccc1Cn1nc(CCC)cc1OCc1cc(F)c(F)cc1F. The molecule has 0 aliphatic rings. The van der Waals surface area contributed by atoms with Crippen molar-refractivity contribution in [1.82, 2.24) is 9.78 Å². The number of nitrogens with zero attached hydrogens (tertiary/aromatic N) is 3. The Hall–Kier alpha value is -2.98. The zero-order valence-electron chi connectivity index (χ0n) is 15.7. The molecule has 0 amide bonds. The largest absolute Gasteiger partial charge is 0.473 e. The number of aromatic nitrogens is 2. The highest BCUT2D eigenvalue weighted by molar-refractivity contribution is 5.85. The molecule has 0 atom stereocenters. The molecule has 0 saturated carbocycles. The van der Waals surface area contributed by atoms with Crippen LogP contribution in [0.4, 0.5) is 18.9 Å². The zero-order chi connectivity index (χ0) is 20.1. The molecule has 2 aromatic carbocycles. The first-order valence-corrected chi connectivity index (χ1v) is 8.80. The molecule has 1 aromatic heterocycles. The van der Waals surface area contributed by atoms with E-state index in [0.717, 1.165) is 30.2 Å². The number of aryl methyl sites for hydroxylation is 1. The van der Waals surface area contributed by atoms with Gasteiger partial charge in [0, 0.05) is 17.7 Å². The van der Waals surface area contributed by atoms with Crippen LogP contribution in [0.1, 0.15) is 30.2 Å². The summed E-state index contributed by atoms with van der Waals surface area (Å²) in [5.74, 6) is -2.89. The molecule has 4 nitrogen and oxygen atoms in total. The normalized spacial score (nSPS) is 10.3. The van der Waals surface area contributed by atoms with Crippen molar-refractivity contribution in [3.8, 4) is 5.88 Å². The lowest BCUT2D eigenvalue weighted by Crippen LogP contribution is -2.08. The molecule has 0 aliphatic carbocycles. The second kappa shape index (κ2) is 9.99. The standard InChI is InChI=1S/C21H18F3N3O.ClH/c1-3-6-16-10-21(28-13-15-9-18(23)19(24)11-17(15)22)27(26-16)12-14-7-4-5-8-20(14)25-2;/h4-5,7-11H,3,6,12-13H2,1H3;1H. The highest BCUT2D eigenvalue weighted by Crippen LogP contribution is 2.24. The maximum absolute atomic E-state index is 13.9. The van der Waals surface area contributed by atoms with E-state index in [0.29, 0.717) is 24.2 Å². The lowest BCUT2D eigenvalue weighted by Gasteiger charge is -2.11. The highest BCUT2D eigenvalue weighted by Gasteiger charge is 2.14. The molecule has 152 valence electrons. The maximum atomic E-state index is 13.9. The average molecular weight is 422 g/mol. The first kappa shape index (κ1) is 22.3. The summed E-state index contributed by atoms with van der Waals surface area (Å²) in [6, 6.07) is 10.2. The molecule has 0 radical (unpaired) electrons. The van der Waals surface area contributed by atoms with Gasteiger partial charge in [-0.15, -0.1) is 12.4 Å². The van der Waals surface area contributed by atoms with E-state index < -0.39 is 17.5 Å². The number of ether oxygens (including phenoxy) is 1. The number of benzene rings is 2. The van der Waals surface area contributed by atoms with E-state index in [2.05, 4.69) is 9.94 Å². The first-order chi connectivity index (χ1) is 13.5. The summed E-state index contributed by atoms with van der Waals surface area (Å²) < 4.78 is 47.6. The smallest absolute Gasteiger partial charge is 0.212 e. The van der Waals surface area contributed by atoms with Gasteiger partial charge in [0.25, 0.3) is 0 Å². The van der Waals surface area contributed by atoms with E-state index in [1.165, 1.54) is 0 Å². The van der Waals surface area contributed by atoms with Crippen LogP contribution in [0.15, 0.2) is 42.5 Å². The van der Waals surface area contributed by atoms with Crippen molar-refractivity contribution < 1.29 is 17.9 Å². The van der Waals surface area contributed by atoms with E-state index >= 15 is 0 Å². The number of rotatable bonds is 7. The summed E-state index contributed by atoms with van der Waals surface area (Å²) >= 11 is 0. The molecule has 0 aliphatic heterocycles. The highest BCUT2D eigenvalue weighted by atomic mass is 35.5. The monoisotopic (exact) mass is 421 g/mol. The summed E-state index contributed by atoms with van der Waals surface area (Å²) in [7, 11) is 0. The number of para-hydroxylation sites is 1. The van der Waals surface area contributed by atoms with Crippen molar-refractivity contribution in [3.63, 3.8) is 0 Å². The topological polar surface area (TPSA) is 31.4 Å². The molecule has 0 fully saturated rings. The molecule has 3 aromatic rings. The molecule has 0 bridgehead atoms. The summed E-state index contributed by atoms with van der Waals surface area (Å²) in [4.78, 5) is 3.50. The summed E-state index contributed by atoms with van der Waals surface area (Å²) in [5.41, 5.74) is 1.98. The second-order valence-electron chi connectivity index (χ2n) is 6.27. The molecule has 0 spiro atoms. The second-order valence-corrected chi connectivity index (χ2v) is 6.27. The summed E-state index contributed by atoms with van der Waals surface area (Å²) in [6.45, 7) is 9.33. The van der Waals surface area contributed by atoms with Crippen molar-refractivity contribution in [2.75, 3.05) is 0 Å². The zero-order valence-corrected chi connectivity index (χ0v) is 16.5. The van der Waals surface area contributed by atoms with Gasteiger partial charge in [0.05, 0.1) is 18.8 Å². The van der Waals surface area contributed by atoms with Crippen LogP contribution in [0.2, 0.25) is 0 Å². The van der Waals surface area contributed by atoms with Gasteiger partial charge in [-0.3, -0.25) is 0 Å². The number of halogens is 4. The van der Waals surface area contributed by atoms with Crippen molar-refractivity contribution in [2.45, 2.75) is 32.9 Å². The Balaban J connectivity index is 0.00000300. The van der Waals surface area contributed by atoms with Gasteiger partial charge in [0.2, 0.25) is 5.88 Å². The lowest BCUT2D eigenvalue weighted by molar-refractivity contribution is 0.269. The molecule has 8 heteroatoms. The fraction of sp³-hybridized carbons (Fsp3) is 0.238. The van der Waals surface area contributed by atoms with Crippen molar-refractivity contribution >= 4 is 18.1 Å². The average Bonchev–Trinajstić information content (AvgIpc) is 3.05. The van der Waals surface area contributed by atoms with Crippen LogP contribution in [0.3, 0.4) is 0 Å². The Morgan fingerprint density at radius 2 is 1.76 bits per heavy atom. The van der Waals surface area contributed by atoms with Gasteiger partial charge in [-0.25, -0.2) is 22.7 Å². The van der Waals surface area contributed by atoms with Gasteiger partial charge >= 0.3 is 0 Å². The number of hydrogen-bond donors (Lipinski definition) is 0. The molecule has 29 heavy (non-hydrogen) atoms. The molecular formula is C21H19ClF3N3O. The van der Waals surface area contributed by atoms with E-state index in [1.807, 2.05) is 19.1 Å². The molecule has 0 saturated heterocycles. The van der Waals surface area contributed by atoms with Crippen LogP contribution in [0.25, 0.3) is 4.85 Å². The molecular weight excluding hydrogens is 403 g/mol. The Kier molecular flexibility index (Phi) is 7.68. The minimum Gasteiger partial charge on any atom is -0.473 e. The summed E-state index contributed by atoms with van der Waals surface area (Å²) in [6.07, 6.45) is 1.61. The quantitative estimate of drug-likeness (QED) is 0.354. The Morgan fingerprint density at radius 1 is 1.03 bits per heavy atom. The number of hydrogen-bond acceptors (Lipinski definition) is 2. The fourth-order valence-electron chi connectivity index (χ4n) is 2.80. The maximum Gasteiger partial charge on any atom is 0.212 e. The van der Waals surface area contributed by atoms with Crippen molar-refractivity contribution in [2.24, 2.45) is 0 Å². The van der Waals surface area contributed by atoms with Crippen LogP contribution >= 0.6 is 12.4 Å². The fourth-order valence-corrected chi connectivity index (χ4v) is 2.80. The third kappa shape index (κ3) is 5.30. The van der Waals surface area contributed by atoms with Gasteiger partial charge in [0.1, 0.15) is 12.4 Å². The van der Waals surface area contributed by atoms with E-state index in [4.69, 9.17) is 11.3 Å². The summed E-state index contributed by atoms with van der Waals surface area (Å²) in [5, 5.41) is 4.50. The van der Waals surface area contributed by atoms with Crippen molar-refractivity contribution in [3.05, 3.63) is 88.2 Å². The predicted molar refractivity (Wildman–Crippen MR) is 106 cm³/mol. The lowest BCUT2D eigenvalue weighted by atomic mass is 10.2. The Morgan fingerprint density at radius 3 is 2.48 bits per heavy atom. The van der Waals surface area contributed by atoms with Crippen LogP contribution in [-0.4, -0.2) is 9.78 Å². The van der Waals surface area contributed by atoms with Crippen LogP contribution < -0.4 is 4.74 Å². The first-order valence-electron chi connectivity index (χ1n) is 8.80. The molecule has 0 N–H and O–H groups in total. The van der Waals surface area contributed by atoms with Crippen LogP contribution in [0.5, 0.6) is 5.88 Å². The van der Waals surface area contributed by atoms with Crippen LogP contribution in [-0.2, 0) is 19.6 Å². The van der Waals surface area contributed by atoms with Crippen LogP contribution in [0, 0.1) is 24.0 Å². The van der Waals surface area contributed by atoms with Gasteiger partial charge in [0.15, 0.2) is 17.3 Å². The van der Waals surface area contributed by atoms with E-state index in [-0.39, 0.29) is 24.6 Å². The van der Waals surface area contributed by atoms with Gasteiger partial charge in [-0.05, 0) is 18.1 Å². The van der Waals surface area contributed by atoms with Gasteiger partial charge in [-0.1, -0.05) is 37.6 Å². The minimum absolute atomic E-state index is 0. The Bertz CT molecular complexity index is 1030. The molecule has 1 heterocycles. The van der Waals surface area contributed by atoms with E-state index in [9.17, 15) is 13.2 Å². The minimum atomic E-state index is -1.24. The molecule has 0 unspecified atom stereocenters. The molecule has 3 rings (SSSR count). The van der Waals surface area contributed by atoms with Gasteiger partial charge < -0.3 is 4.74 Å². The van der Waals surface area contributed by atoms with Crippen molar-refractivity contribution in [1.29, 1.82) is 0 Å². The van der Waals surface area contributed by atoms with Gasteiger partial charge in [-0.2, -0.15) is 5.10 Å². The third-order valence-electron chi connectivity index (χ3n) is 4.20.